The van der Waals surface area contributed by atoms with Crippen LogP contribution in [0.4, 0.5) is 0 Å². The summed E-state index contributed by atoms with van der Waals surface area (Å²) in [5.74, 6) is -0.953. The number of amides is 2. The molecule has 0 aliphatic carbocycles. The monoisotopic (exact) mass is 348 g/mol. The highest BCUT2D eigenvalue weighted by Gasteiger charge is 2.45. The Kier molecular flexibility index (Phi) is 5.06. The quantitative estimate of drug-likeness (QED) is 0.838. The highest BCUT2D eigenvalue weighted by molar-refractivity contribution is 5.92. The first-order chi connectivity index (χ1) is 11.6. The minimum absolute atomic E-state index is 0.0126. The minimum atomic E-state index is -1.58. The fraction of sp³-hybridized carbons (Fsp3) is 0.500. The van der Waals surface area contributed by atoms with E-state index in [1.54, 1.807) is 38.2 Å². The SMILES string of the molecule is COc1ccc(C(C)(NC(=O)C2(C)CCC(=O)N(C)C2)C(=O)O)cc1. The molecule has 1 heterocycles. The number of hydrogen-bond acceptors (Lipinski definition) is 4. The lowest BCUT2D eigenvalue weighted by Crippen LogP contribution is -2.57. The highest BCUT2D eigenvalue weighted by Crippen LogP contribution is 2.32. The van der Waals surface area contributed by atoms with Gasteiger partial charge in [-0.15, -0.1) is 0 Å². The summed E-state index contributed by atoms with van der Waals surface area (Å²) in [6.07, 6.45) is 0.660. The summed E-state index contributed by atoms with van der Waals surface area (Å²) in [6, 6.07) is 6.53. The Labute approximate surface area is 147 Å². The maximum atomic E-state index is 12.9. The fourth-order valence-electron chi connectivity index (χ4n) is 3.00. The standard InChI is InChI=1S/C18H24N2O5/c1-17(10-9-14(21)20(3)11-17)15(22)19-18(2,16(23)24)12-5-7-13(25-4)8-6-12/h5-8H,9-11H2,1-4H3,(H,19,22)(H,23,24). The number of rotatable bonds is 5. The molecule has 1 aromatic rings. The van der Waals surface area contributed by atoms with Crippen LogP contribution in [-0.2, 0) is 19.9 Å². The van der Waals surface area contributed by atoms with Crippen molar-refractivity contribution >= 4 is 17.8 Å². The van der Waals surface area contributed by atoms with Crippen LogP contribution in [0.2, 0.25) is 0 Å². The van der Waals surface area contributed by atoms with E-state index >= 15 is 0 Å². The Hall–Kier alpha value is -2.57. The summed E-state index contributed by atoms with van der Waals surface area (Å²) in [5.41, 5.74) is -1.96. The Bertz CT molecular complexity index is 687. The van der Waals surface area contributed by atoms with Crippen LogP contribution < -0.4 is 10.1 Å². The van der Waals surface area contributed by atoms with Gasteiger partial charge in [0.25, 0.3) is 0 Å². The second kappa shape index (κ2) is 6.74. The van der Waals surface area contributed by atoms with Crippen molar-refractivity contribution in [2.24, 2.45) is 5.41 Å². The summed E-state index contributed by atoms with van der Waals surface area (Å²) in [6.45, 7) is 3.47. The number of nitrogens with zero attached hydrogens (tertiary/aromatic N) is 1. The number of likely N-dealkylation sites (tertiary alicyclic amines) is 1. The third kappa shape index (κ3) is 3.60. The van der Waals surface area contributed by atoms with Crippen molar-refractivity contribution in [2.45, 2.75) is 32.2 Å². The zero-order chi connectivity index (χ0) is 18.8. The molecule has 7 heteroatoms. The first-order valence-corrected chi connectivity index (χ1v) is 8.07. The first-order valence-electron chi connectivity index (χ1n) is 8.07. The third-order valence-electron chi connectivity index (χ3n) is 4.91. The third-order valence-corrected chi connectivity index (χ3v) is 4.91. The molecule has 2 N–H and O–H groups in total. The average molecular weight is 348 g/mol. The fourth-order valence-corrected chi connectivity index (χ4v) is 3.00. The van der Waals surface area contributed by atoms with Crippen LogP contribution in [0.15, 0.2) is 24.3 Å². The molecule has 0 aromatic heterocycles. The molecule has 2 amide bonds. The number of aliphatic carboxylic acids is 1. The summed E-state index contributed by atoms with van der Waals surface area (Å²) >= 11 is 0. The number of nitrogens with one attached hydrogen (secondary N) is 1. The van der Waals surface area contributed by atoms with E-state index in [2.05, 4.69) is 5.32 Å². The van der Waals surface area contributed by atoms with Crippen LogP contribution in [0.5, 0.6) is 5.75 Å². The molecule has 1 aromatic carbocycles. The van der Waals surface area contributed by atoms with Gasteiger partial charge < -0.3 is 20.1 Å². The number of carboxylic acids is 1. The van der Waals surface area contributed by atoms with E-state index in [1.807, 2.05) is 0 Å². The van der Waals surface area contributed by atoms with Crippen molar-refractivity contribution in [3.63, 3.8) is 0 Å². The van der Waals surface area contributed by atoms with Crippen LogP contribution in [-0.4, -0.2) is 48.5 Å². The Morgan fingerprint density at radius 2 is 1.92 bits per heavy atom. The van der Waals surface area contributed by atoms with Gasteiger partial charge in [0, 0.05) is 20.0 Å². The molecule has 0 saturated carbocycles. The van der Waals surface area contributed by atoms with Gasteiger partial charge in [0.05, 0.1) is 12.5 Å². The van der Waals surface area contributed by atoms with Gasteiger partial charge in [-0.05, 0) is 38.0 Å². The maximum Gasteiger partial charge on any atom is 0.333 e. The van der Waals surface area contributed by atoms with Gasteiger partial charge in [0.1, 0.15) is 5.75 Å². The van der Waals surface area contributed by atoms with Crippen molar-refractivity contribution in [3.8, 4) is 5.75 Å². The van der Waals surface area contributed by atoms with E-state index in [0.29, 0.717) is 17.7 Å². The number of hydrogen-bond donors (Lipinski definition) is 2. The van der Waals surface area contributed by atoms with Crippen molar-refractivity contribution in [1.29, 1.82) is 0 Å². The number of carbonyl (C=O) groups is 3. The smallest absolute Gasteiger partial charge is 0.333 e. The maximum absolute atomic E-state index is 12.9. The van der Waals surface area contributed by atoms with Crippen LogP contribution in [0, 0.1) is 5.41 Å². The van der Waals surface area contributed by atoms with Crippen molar-refractivity contribution in [1.82, 2.24) is 10.2 Å². The predicted molar refractivity (Wildman–Crippen MR) is 91.1 cm³/mol. The Morgan fingerprint density at radius 3 is 2.40 bits per heavy atom. The molecule has 25 heavy (non-hydrogen) atoms. The van der Waals surface area contributed by atoms with E-state index in [9.17, 15) is 19.5 Å². The first kappa shape index (κ1) is 18.8. The summed E-state index contributed by atoms with van der Waals surface area (Å²) in [7, 11) is 3.17. The molecule has 2 unspecified atom stereocenters. The molecule has 1 aliphatic rings. The molecule has 1 aliphatic heterocycles. The Morgan fingerprint density at radius 1 is 1.32 bits per heavy atom. The predicted octanol–water partition coefficient (Wildman–Crippen LogP) is 1.37. The van der Waals surface area contributed by atoms with Crippen LogP contribution >= 0.6 is 0 Å². The molecule has 136 valence electrons. The van der Waals surface area contributed by atoms with Gasteiger partial charge in [0.2, 0.25) is 11.8 Å². The molecule has 1 fully saturated rings. The number of piperidine rings is 1. The van der Waals surface area contributed by atoms with E-state index in [0.717, 1.165) is 0 Å². The zero-order valence-corrected chi connectivity index (χ0v) is 15.0. The van der Waals surface area contributed by atoms with Crippen molar-refractivity contribution in [3.05, 3.63) is 29.8 Å². The number of methoxy groups -OCH3 is 1. The molecule has 2 atom stereocenters. The minimum Gasteiger partial charge on any atom is -0.497 e. The van der Waals surface area contributed by atoms with E-state index in [-0.39, 0.29) is 24.8 Å². The molecule has 0 bridgehead atoms. The lowest BCUT2D eigenvalue weighted by molar-refractivity contribution is -0.152. The van der Waals surface area contributed by atoms with E-state index in [4.69, 9.17) is 4.74 Å². The van der Waals surface area contributed by atoms with Gasteiger partial charge in [0.15, 0.2) is 5.54 Å². The zero-order valence-electron chi connectivity index (χ0n) is 15.0. The molecular formula is C18H24N2O5. The van der Waals surface area contributed by atoms with Crippen molar-refractivity contribution in [2.75, 3.05) is 20.7 Å². The second-order valence-corrected chi connectivity index (χ2v) is 6.92. The molecule has 1 saturated heterocycles. The number of ether oxygens (including phenoxy) is 1. The largest absolute Gasteiger partial charge is 0.497 e. The molecule has 7 nitrogen and oxygen atoms in total. The lowest BCUT2D eigenvalue weighted by atomic mass is 9.79. The number of benzene rings is 1. The molecule has 2 rings (SSSR count). The van der Waals surface area contributed by atoms with Crippen LogP contribution in [0.3, 0.4) is 0 Å². The average Bonchev–Trinajstić information content (AvgIpc) is 2.58. The molecule has 0 spiro atoms. The molecule has 0 radical (unpaired) electrons. The van der Waals surface area contributed by atoms with Gasteiger partial charge in [-0.2, -0.15) is 0 Å². The highest BCUT2D eigenvalue weighted by atomic mass is 16.5. The number of carboxylic acid groups (broad SMARTS) is 1. The number of carbonyl (C=O) groups excluding carboxylic acids is 2. The normalized spacial score (nSPS) is 22.9. The topological polar surface area (TPSA) is 95.9 Å². The summed E-state index contributed by atoms with van der Waals surface area (Å²) < 4.78 is 5.08. The van der Waals surface area contributed by atoms with Crippen molar-refractivity contribution < 1.29 is 24.2 Å². The van der Waals surface area contributed by atoms with Gasteiger partial charge >= 0.3 is 5.97 Å². The lowest BCUT2D eigenvalue weighted by Gasteiger charge is -2.39. The van der Waals surface area contributed by atoms with Gasteiger partial charge in [-0.25, -0.2) is 4.79 Å². The van der Waals surface area contributed by atoms with Crippen LogP contribution in [0.1, 0.15) is 32.3 Å². The van der Waals surface area contributed by atoms with Gasteiger partial charge in [-0.3, -0.25) is 9.59 Å². The van der Waals surface area contributed by atoms with E-state index in [1.165, 1.54) is 18.9 Å². The van der Waals surface area contributed by atoms with E-state index < -0.39 is 16.9 Å². The Balaban J connectivity index is 2.27. The van der Waals surface area contributed by atoms with Gasteiger partial charge in [-0.1, -0.05) is 12.1 Å². The molecular weight excluding hydrogens is 324 g/mol. The second-order valence-electron chi connectivity index (χ2n) is 6.92. The summed E-state index contributed by atoms with van der Waals surface area (Å²) in [4.78, 5) is 37.9. The van der Waals surface area contributed by atoms with Crippen LogP contribution in [0.25, 0.3) is 0 Å². The summed E-state index contributed by atoms with van der Waals surface area (Å²) in [5, 5.41) is 12.4.